The summed E-state index contributed by atoms with van der Waals surface area (Å²) in [6.07, 6.45) is 9.37. The third-order valence-electron chi connectivity index (χ3n) is 5.42. The summed E-state index contributed by atoms with van der Waals surface area (Å²) in [5.74, 6) is 1.52. The second-order valence-electron chi connectivity index (χ2n) is 6.72. The number of ether oxygens (including phenoxy) is 1. The smallest absolute Gasteiger partial charge is 0.0469 e. The normalized spacial score (nSPS) is 23.1. The molecular formula is C19H29NO. The molecule has 21 heavy (non-hydrogen) atoms. The highest BCUT2D eigenvalue weighted by atomic mass is 16.5. The SMILES string of the molecule is CNC(c1ccc(C2CCCCC2)cc1)C1CCOCC1. The van der Waals surface area contributed by atoms with Gasteiger partial charge in [0.25, 0.3) is 0 Å². The maximum absolute atomic E-state index is 5.50. The van der Waals surface area contributed by atoms with Crippen molar-refractivity contribution in [1.29, 1.82) is 0 Å². The molecule has 1 aromatic carbocycles. The van der Waals surface area contributed by atoms with Crippen LogP contribution in [0.1, 0.15) is 68.0 Å². The Hall–Kier alpha value is -0.860. The van der Waals surface area contributed by atoms with Crippen LogP contribution in [0.2, 0.25) is 0 Å². The Balaban J connectivity index is 1.69. The van der Waals surface area contributed by atoms with Crippen LogP contribution < -0.4 is 5.32 Å². The van der Waals surface area contributed by atoms with E-state index in [0.29, 0.717) is 12.0 Å². The van der Waals surface area contributed by atoms with Gasteiger partial charge in [-0.1, -0.05) is 43.5 Å². The molecule has 0 radical (unpaired) electrons. The first-order valence-corrected chi connectivity index (χ1v) is 8.73. The van der Waals surface area contributed by atoms with Crippen LogP contribution in [0.3, 0.4) is 0 Å². The van der Waals surface area contributed by atoms with E-state index in [4.69, 9.17) is 4.74 Å². The molecule has 1 aliphatic carbocycles. The highest BCUT2D eigenvalue weighted by Crippen LogP contribution is 2.34. The minimum Gasteiger partial charge on any atom is -0.381 e. The second-order valence-corrected chi connectivity index (χ2v) is 6.72. The van der Waals surface area contributed by atoms with Crippen molar-refractivity contribution < 1.29 is 4.74 Å². The predicted octanol–water partition coefficient (Wildman–Crippen LogP) is 4.42. The summed E-state index contributed by atoms with van der Waals surface area (Å²) in [4.78, 5) is 0. The highest BCUT2D eigenvalue weighted by molar-refractivity contribution is 5.28. The molecule has 1 N–H and O–H groups in total. The van der Waals surface area contributed by atoms with Gasteiger partial charge in [-0.15, -0.1) is 0 Å². The number of rotatable bonds is 4. The third-order valence-corrected chi connectivity index (χ3v) is 5.42. The van der Waals surface area contributed by atoms with Crippen LogP contribution in [0.5, 0.6) is 0 Å². The van der Waals surface area contributed by atoms with Crippen molar-refractivity contribution in [3.63, 3.8) is 0 Å². The summed E-state index contributed by atoms with van der Waals surface area (Å²) in [5, 5.41) is 3.53. The van der Waals surface area contributed by atoms with Crippen LogP contribution in [-0.4, -0.2) is 20.3 Å². The molecule has 2 aliphatic rings. The van der Waals surface area contributed by atoms with E-state index in [0.717, 1.165) is 19.1 Å². The molecule has 1 saturated carbocycles. The summed E-state index contributed by atoms with van der Waals surface area (Å²) in [7, 11) is 2.09. The third kappa shape index (κ3) is 3.67. The van der Waals surface area contributed by atoms with Crippen molar-refractivity contribution in [2.75, 3.05) is 20.3 Å². The van der Waals surface area contributed by atoms with Crippen LogP contribution >= 0.6 is 0 Å². The van der Waals surface area contributed by atoms with E-state index in [9.17, 15) is 0 Å². The summed E-state index contributed by atoms with van der Waals surface area (Å²) < 4.78 is 5.50. The number of hydrogen-bond acceptors (Lipinski definition) is 2. The van der Waals surface area contributed by atoms with Gasteiger partial charge in [-0.05, 0) is 55.7 Å². The Labute approximate surface area is 129 Å². The number of benzene rings is 1. The fourth-order valence-electron chi connectivity index (χ4n) is 4.14. The lowest BCUT2D eigenvalue weighted by molar-refractivity contribution is 0.0546. The standard InChI is InChI=1S/C19H29NO/c1-20-19(18-11-13-21-14-12-18)17-9-7-16(8-10-17)15-5-3-2-4-6-15/h7-10,15,18-20H,2-6,11-14H2,1H3. The molecule has 116 valence electrons. The molecule has 2 heteroatoms. The predicted molar refractivity (Wildman–Crippen MR) is 87.6 cm³/mol. The average Bonchev–Trinajstić information content (AvgIpc) is 2.58. The zero-order chi connectivity index (χ0) is 14.5. The first-order valence-electron chi connectivity index (χ1n) is 8.73. The van der Waals surface area contributed by atoms with Gasteiger partial charge in [0, 0.05) is 19.3 Å². The van der Waals surface area contributed by atoms with Gasteiger partial charge in [0.05, 0.1) is 0 Å². The molecule has 1 atom stereocenters. The Bertz CT molecular complexity index is 416. The molecule has 0 spiro atoms. The van der Waals surface area contributed by atoms with Crippen LogP contribution in [0.25, 0.3) is 0 Å². The highest BCUT2D eigenvalue weighted by Gasteiger charge is 2.24. The monoisotopic (exact) mass is 287 g/mol. The summed E-state index contributed by atoms with van der Waals surface area (Å²) in [6.45, 7) is 1.84. The van der Waals surface area contributed by atoms with Crippen molar-refractivity contribution in [2.24, 2.45) is 5.92 Å². The molecule has 1 aromatic rings. The zero-order valence-corrected chi connectivity index (χ0v) is 13.3. The van der Waals surface area contributed by atoms with E-state index in [1.54, 1.807) is 5.56 Å². The van der Waals surface area contributed by atoms with Gasteiger partial charge < -0.3 is 10.1 Å². The molecule has 2 nitrogen and oxygen atoms in total. The summed E-state index contributed by atoms with van der Waals surface area (Å²) in [5.41, 5.74) is 3.00. The molecule has 1 unspecified atom stereocenters. The van der Waals surface area contributed by atoms with Gasteiger partial charge in [0.1, 0.15) is 0 Å². The van der Waals surface area contributed by atoms with Crippen molar-refractivity contribution in [3.8, 4) is 0 Å². The van der Waals surface area contributed by atoms with Crippen molar-refractivity contribution >= 4 is 0 Å². The Morgan fingerprint density at radius 3 is 2.24 bits per heavy atom. The molecule has 1 saturated heterocycles. The molecule has 0 bridgehead atoms. The Morgan fingerprint density at radius 1 is 0.952 bits per heavy atom. The zero-order valence-electron chi connectivity index (χ0n) is 13.3. The maximum atomic E-state index is 5.50. The van der Waals surface area contributed by atoms with E-state index in [1.807, 2.05) is 0 Å². The first kappa shape index (κ1) is 15.1. The minimum absolute atomic E-state index is 0.481. The molecule has 1 aliphatic heterocycles. The van der Waals surface area contributed by atoms with Crippen LogP contribution in [0.15, 0.2) is 24.3 Å². The lowest BCUT2D eigenvalue weighted by Gasteiger charge is -2.31. The summed E-state index contributed by atoms with van der Waals surface area (Å²) in [6, 6.07) is 9.97. The lowest BCUT2D eigenvalue weighted by Crippen LogP contribution is -2.30. The quantitative estimate of drug-likeness (QED) is 0.885. The van der Waals surface area contributed by atoms with Gasteiger partial charge in [-0.3, -0.25) is 0 Å². The van der Waals surface area contributed by atoms with Crippen molar-refractivity contribution in [3.05, 3.63) is 35.4 Å². The van der Waals surface area contributed by atoms with Crippen LogP contribution in [0.4, 0.5) is 0 Å². The molecular weight excluding hydrogens is 258 g/mol. The number of nitrogens with one attached hydrogen (secondary N) is 1. The van der Waals surface area contributed by atoms with E-state index < -0.39 is 0 Å². The van der Waals surface area contributed by atoms with Gasteiger partial charge in [0.2, 0.25) is 0 Å². The molecule has 1 heterocycles. The first-order chi connectivity index (χ1) is 10.4. The second kappa shape index (κ2) is 7.42. The molecule has 2 fully saturated rings. The average molecular weight is 287 g/mol. The van der Waals surface area contributed by atoms with E-state index in [1.165, 1.54) is 50.5 Å². The molecule has 0 amide bonds. The van der Waals surface area contributed by atoms with E-state index in [-0.39, 0.29) is 0 Å². The molecule has 0 aromatic heterocycles. The van der Waals surface area contributed by atoms with Gasteiger partial charge in [0.15, 0.2) is 0 Å². The fraction of sp³-hybridized carbons (Fsp3) is 0.684. The lowest BCUT2D eigenvalue weighted by atomic mass is 9.82. The summed E-state index contributed by atoms with van der Waals surface area (Å²) >= 11 is 0. The van der Waals surface area contributed by atoms with Crippen molar-refractivity contribution in [2.45, 2.75) is 56.9 Å². The van der Waals surface area contributed by atoms with E-state index >= 15 is 0 Å². The van der Waals surface area contributed by atoms with Gasteiger partial charge in [-0.2, -0.15) is 0 Å². The maximum Gasteiger partial charge on any atom is 0.0469 e. The van der Waals surface area contributed by atoms with Crippen LogP contribution in [0, 0.1) is 5.92 Å². The Morgan fingerprint density at radius 2 is 1.62 bits per heavy atom. The molecule has 3 rings (SSSR count). The topological polar surface area (TPSA) is 21.3 Å². The largest absolute Gasteiger partial charge is 0.381 e. The van der Waals surface area contributed by atoms with E-state index in [2.05, 4.69) is 36.6 Å². The van der Waals surface area contributed by atoms with Crippen LogP contribution in [-0.2, 0) is 4.74 Å². The van der Waals surface area contributed by atoms with Gasteiger partial charge >= 0.3 is 0 Å². The fourth-order valence-corrected chi connectivity index (χ4v) is 4.14. The number of hydrogen-bond donors (Lipinski definition) is 1. The van der Waals surface area contributed by atoms with Crippen molar-refractivity contribution in [1.82, 2.24) is 5.32 Å². The van der Waals surface area contributed by atoms with Gasteiger partial charge in [-0.25, -0.2) is 0 Å². The Kier molecular flexibility index (Phi) is 5.32. The minimum atomic E-state index is 0.481.